The van der Waals surface area contributed by atoms with E-state index in [1.807, 2.05) is 49.6 Å². The van der Waals surface area contributed by atoms with Gasteiger partial charge < -0.3 is 10.3 Å². The smallest absolute Gasteiger partial charge is 0.277 e. The molecule has 2 N–H and O–H groups in total. The number of hydrogen-bond donors (Lipinski definition) is 2. The zero-order valence-corrected chi connectivity index (χ0v) is 14.4. The molecule has 0 aliphatic heterocycles. The molecule has 126 valence electrons. The second kappa shape index (κ2) is 5.82. The molecule has 0 saturated heterocycles. The molecule has 8 heteroatoms. The number of carbonyl (C=O) groups excluding carboxylic acids is 1. The maximum atomic E-state index is 12.6. The molecule has 0 saturated carbocycles. The van der Waals surface area contributed by atoms with Crippen LogP contribution in [-0.2, 0) is 0 Å². The second-order valence-electron chi connectivity index (χ2n) is 5.88. The summed E-state index contributed by atoms with van der Waals surface area (Å²) >= 11 is 1.56. The van der Waals surface area contributed by atoms with Crippen LogP contribution in [0.2, 0.25) is 0 Å². The summed E-state index contributed by atoms with van der Waals surface area (Å²) in [6, 6.07) is 9.32. The van der Waals surface area contributed by atoms with Gasteiger partial charge in [-0.3, -0.25) is 9.59 Å². The van der Waals surface area contributed by atoms with E-state index in [2.05, 4.69) is 20.6 Å². The van der Waals surface area contributed by atoms with Crippen LogP contribution in [0.25, 0.3) is 16.6 Å². The number of aromatic nitrogens is 4. The fourth-order valence-electron chi connectivity index (χ4n) is 2.80. The van der Waals surface area contributed by atoms with Crippen LogP contribution in [0.15, 0.2) is 40.5 Å². The Morgan fingerprint density at radius 3 is 2.96 bits per heavy atom. The van der Waals surface area contributed by atoms with E-state index in [0.717, 1.165) is 10.4 Å². The summed E-state index contributed by atoms with van der Waals surface area (Å²) < 4.78 is 1.42. The van der Waals surface area contributed by atoms with Crippen LogP contribution in [0.4, 0.5) is 0 Å². The fraction of sp³-hybridized carbons (Fsp3) is 0.176. The quantitative estimate of drug-likeness (QED) is 0.592. The number of benzene rings is 1. The van der Waals surface area contributed by atoms with Crippen LogP contribution in [0.5, 0.6) is 0 Å². The van der Waals surface area contributed by atoms with E-state index in [1.165, 1.54) is 4.52 Å². The van der Waals surface area contributed by atoms with Crippen molar-refractivity contribution >= 4 is 33.8 Å². The molecule has 0 unspecified atom stereocenters. The van der Waals surface area contributed by atoms with Gasteiger partial charge in [0, 0.05) is 4.88 Å². The van der Waals surface area contributed by atoms with Crippen LogP contribution in [0.3, 0.4) is 0 Å². The Labute approximate surface area is 146 Å². The summed E-state index contributed by atoms with van der Waals surface area (Å²) in [5.41, 5.74) is 2.14. The average molecular weight is 353 g/mol. The molecule has 3 heterocycles. The van der Waals surface area contributed by atoms with Gasteiger partial charge in [-0.15, -0.1) is 16.4 Å². The van der Waals surface area contributed by atoms with Crippen LogP contribution in [0, 0.1) is 6.92 Å². The molecule has 25 heavy (non-hydrogen) atoms. The maximum Gasteiger partial charge on any atom is 0.277 e. The van der Waals surface area contributed by atoms with Crippen molar-refractivity contribution in [1.29, 1.82) is 0 Å². The van der Waals surface area contributed by atoms with Gasteiger partial charge in [0.15, 0.2) is 11.2 Å². The highest BCUT2D eigenvalue weighted by Crippen LogP contribution is 2.19. The van der Waals surface area contributed by atoms with Gasteiger partial charge in [0.2, 0.25) is 0 Å². The second-order valence-corrected chi connectivity index (χ2v) is 6.86. The lowest BCUT2D eigenvalue weighted by molar-refractivity contribution is 0.0937. The highest BCUT2D eigenvalue weighted by Gasteiger charge is 2.21. The third-order valence-corrected chi connectivity index (χ3v) is 5.10. The van der Waals surface area contributed by atoms with Crippen molar-refractivity contribution in [3.8, 4) is 0 Å². The Kier molecular flexibility index (Phi) is 3.61. The monoisotopic (exact) mass is 353 g/mol. The van der Waals surface area contributed by atoms with Crippen molar-refractivity contribution in [2.24, 2.45) is 0 Å². The summed E-state index contributed by atoms with van der Waals surface area (Å²) in [6.45, 7) is 3.83. The third kappa shape index (κ3) is 2.60. The van der Waals surface area contributed by atoms with Gasteiger partial charge in [-0.1, -0.05) is 17.3 Å². The Hall–Kier alpha value is -3.00. The average Bonchev–Trinajstić information content (AvgIpc) is 3.24. The number of fused-ring (bicyclic) bond motifs is 3. The summed E-state index contributed by atoms with van der Waals surface area (Å²) in [5, 5.41) is 12.8. The highest BCUT2D eigenvalue weighted by molar-refractivity contribution is 7.10. The van der Waals surface area contributed by atoms with Gasteiger partial charge in [0.05, 0.1) is 17.1 Å². The zero-order valence-electron chi connectivity index (χ0n) is 13.6. The topological polar surface area (TPSA) is 92.1 Å². The molecule has 1 atom stereocenters. The standard InChI is InChI=1S/C17H15N5O2S/c1-9-5-6-12-11(8-9)19-17(24)15-14(20-21-22(12)15)16(23)18-10(2)13-4-3-7-25-13/h3-8,10H,1-2H3,(H,18,23)(H,19,24)/t10-/m1/s1. The molecule has 7 nitrogen and oxygen atoms in total. The Morgan fingerprint density at radius 2 is 2.20 bits per heavy atom. The van der Waals surface area contributed by atoms with Gasteiger partial charge in [-0.2, -0.15) is 0 Å². The summed E-state index contributed by atoms with van der Waals surface area (Å²) in [6.07, 6.45) is 0. The van der Waals surface area contributed by atoms with E-state index < -0.39 is 11.5 Å². The number of hydrogen-bond acceptors (Lipinski definition) is 5. The van der Waals surface area contributed by atoms with Crippen molar-refractivity contribution in [2.75, 3.05) is 0 Å². The first-order chi connectivity index (χ1) is 12.0. The largest absolute Gasteiger partial charge is 0.343 e. The SMILES string of the molecule is Cc1ccc2c(c1)[nH]c(=O)c1c(C(=O)N[C@H](C)c3cccs3)nnn12. The van der Waals surface area contributed by atoms with Crippen molar-refractivity contribution < 1.29 is 4.79 Å². The number of nitrogens with one attached hydrogen (secondary N) is 2. The van der Waals surface area contributed by atoms with Crippen LogP contribution in [-0.4, -0.2) is 25.7 Å². The fourth-order valence-corrected chi connectivity index (χ4v) is 3.53. The molecule has 0 radical (unpaired) electrons. The summed E-state index contributed by atoms with van der Waals surface area (Å²) in [7, 11) is 0. The normalized spacial score (nSPS) is 12.6. The van der Waals surface area contributed by atoms with Crippen LogP contribution in [0.1, 0.15) is 33.9 Å². The van der Waals surface area contributed by atoms with Crippen LogP contribution < -0.4 is 10.9 Å². The van der Waals surface area contributed by atoms with E-state index in [1.54, 1.807) is 11.3 Å². The molecule has 0 aliphatic rings. The number of rotatable bonds is 3. The minimum atomic E-state index is -0.423. The van der Waals surface area contributed by atoms with Crippen molar-refractivity contribution in [3.05, 3.63) is 62.2 Å². The van der Waals surface area contributed by atoms with Gasteiger partial charge in [-0.25, -0.2) is 4.52 Å². The van der Waals surface area contributed by atoms with Gasteiger partial charge in [0.25, 0.3) is 11.5 Å². The molecule has 0 aliphatic carbocycles. The lowest BCUT2D eigenvalue weighted by Crippen LogP contribution is -2.27. The van der Waals surface area contributed by atoms with Crippen molar-refractivity contribution in [3.63, 3.8) is 0 Å². The number of carbonyl (C=O) groups is 1. The molecule has 4 aromatic rings. The molecular weight excluding hydrogens is 338 g/mol. The van der Waals surface area contributed by atoms with Gasteiger partial charge >= 0.3 is 0 Å². The Morgan fingerprint density at radius 1 is 1.36 bits per heavy atom. The van der Waals surface area contributed by atoms with Gasteiger partial charge in [-0.05, 0) is 43.0 Å². The maximum absolute atomic E-state index is 12.6. The van der Waals surface area contributed by atoms with E-state index >= 15 is 0 Å². The molecular formula is C17H15N5O2S. The minimum absolute atomic E-state index is 0.0205. The number of amides is 1. The number of H-pyrrole nitrogens is 1. The number of aryl methyl sites for hydroxylation is 1. The van der Waals surface area contributed by atoms with Crippen molar-refractivity contribution in [1.82, 2.24) is 25.1 Å². The molecule has 4 rings (SSSR count). The first kappa shape index (κ1) is 15.5. The predicted octanol–water partition coefficient (Wildman–Crippen LogP) is 2.43. The number of aromatic amines is 1. The first-order valence-corrected chi connectivity index (χ1v) is 8.65. The lowest BCUT2D eigenvalue weighted by atomic mass is 10.2. The minimum Gasteiger partial charge on any atom is -0.343 e. The number of nitrogens with zero attached hydrogens (tertiary/aromatic N) is 3. The first-order valence-electron chi connectivity index (χ1n) is 7.77. The predicted molar refractivity (Wildman–Crippen MR) is 96.1 cm³/mol. The van der Waals surface area contributed by atoms with E-state index in [9.17, 15) is 9.59 Å². The molecule has 0 fully saturated rings. The molecule has 0 bridgehead atoms. The molecule has 1 aromatic carbocycles. The number of thiophene rings is 1. The Bertz CT molecular complexity index is 1140. The Balaban J connectivity index is 1.79. The van der Waals surface area contributed by atoms with Crippen molar-refractivity contribution in [2.45, 2.75) is 19.9 Å². The van der Waals surface area contributed by atoms with Crippen LogP contribution >= 0.6 is 11.3 Å². The van der Waals surface area contributed by atoms with E-state index in [4.69, 9.17) is 0 Å². The lowest BCUT2D eigenvalue weighted by Gasteiger charge is -2.10. The summed E-state index contributed by atoms with van der Waals surface area (Å²) in [5.74, 6) is -0.423. The van der Waals surface area contributed by atoms with E-state index in [0.29, 0.717) is 11.0 Å². The van der Waals surface area contributed by atoms with Gasteiger partial charge in [0.1, 0.15) is 0 Å². The summed E-state index contributed by atoms with van der Waals surface area (Å²) in [4.78, 5) is 28.9. The molecule has 0 spiro atoms. The highest BCUT2D eigenvalue weighted by atomic mass is 32.1. The zero-order chi connectivity index (χ0) is 17.6. The molecule has 1 amide bonds. The van der Waals surface area contributed by atoms with E-state index in [-0.39, 0.29) is 17.3 Å². The third-order valence-electron chi connectivity index (χ3n) is 4.05. The molecule has 3 aromatic heterocycles.